The van der Waals surface area contributed by atoms with E-state index in [0.717, 1.165) is 15.9 Å². The van der Waals surface area contributed by atoms with Gasteiger partial charge in [-0.15, -0.1) is 0 Å². The van der Waals surface area contributed by atoms with E-state index in [0.29, 0.717) is 11.6 Å². The van der Waals surface area contributed by atoms with Crippen LogP contribution in [0.5, 0.6) is 0 Å². The summed E-state index contributed by atoms with van der Waals surface area (Å²) < 4.78 is 5.47. The van der Waals surface area contributed by atoms with Crippen LogP contribution < -0.4 is 0 Å². The minimum absolute atomic E-state index is 0.118. The minimum atomic E-state index is -0.252. The molecule has 0 aliphatic carbocycles. The van der Waals surface area contributed by atoms with Gasteiger partial charge in [-0.1, -0.05) is 30.0 Å². The Morgan fingerprint density at radius 3 is 2.33 bits per heavy atom. The first-order chi connectivity index (χ1) is 12.9. The van der Waals surface area contributed by atoms with Gasteiger partial charge in [0, 0.05) is 17.5 Å². The van der Waals surface area contributed by atoms with Gasteiger partial charge in [0.1, 0.15) is 5.03 Å². The number of furan rings is 1. The largest absolute Gasteiger partial charge is 0.461 e. The molecular formula is C21H25N3O2S. The fourth-order valence-corrected chi connectivity index (χ4v) is 4.18. The average Bonchev–Trinajstić information content (AvgIpc) is 3.15. The summed E-state index contributed by atoms with van der Waals surface area (Å²) >= 11 is 1.47. The molecule has 0 saturated heterocycles. The number of fused-ring (bicyclic) bond motifs is 1. The fraction of sp³-hybridized carbons (Fsp3) is 0.381. The number of para-hydroxylation sites is 1. The molecule has 142 valence electrons. The third-order valence-electron chi connectivity index (χ3n) is 4.31. The highest BCUT2D eigenvalue weighted by Crippen LogP contribution is 2.32. The predicted molar refractivity (Wildman–Crippen MR) is 110 cm³/mol. The number of carbonyl (C=O) groups is 1. The van der Waals surface area contributed by atoms with Crippen molar-refractivity contribution >= 4 is 28.6 Å². The summed E-state index contributed by atoms with van der Waals surface area (Å²) in [6, 6.07) is 11.8. The lowest BCUT2D eigenvalue weighted by Crippen LogP contribution is -2.45. The van der Waals surface area contributed by atoms with E-state index in [1.54, 1.807) is 6.26 Å². The van der Waals surface area contributed by atoms with Crippen LogP contribution in [0.3, 0.4) is 0 Å². The molecule has 1 aromatic carbocycles. The van der Waals surface area contributed by atoms with Gasteiger partial charge in [-0.25, -0.2) is 9.97 Å². The summed E-state index contributed by atoms with van der Waals surface area (Å²) in [6.07, 6.45) is 1.61. The Labute approximate surface area is 164 Å². The number of thioether (sulfide) groups is 1. The number of hydrogen-bond donors (Lipinski definition) is 0. The molecule has 0 radical (unpaired) electrons. The van der Waals surface area contributed by atoms with E-state index in [9.17, 15) is 4.79 Å². The molecule has 0 unspecified atom stereocenters. The molecule has 0 fully saturated rings. The third-order valence-corrected chi connectivity index (χ3v) is 5.40. The zero-order valence-electron chi connectivity index (χ0n) is 16.3. The molecule has 27 heavy (non-hydrogen) atoms. The van der Waals surface area contributed by atoms with Crippen LogP contribution in [0, 0.1) is 0 Å². The predicted octanol–water partition coefficient (Wildman–Crippen LogP) is 5.02. The van der Waals surface area contributed by atoms with Gasteiger partial charge >= 0.3 is 0 Å². The van der Waals surface area contributed by atoms with Gasteiger partial charge in [0.05, 0.1) is 17.0 Å². The molecule has 2 heterocycles. The van der Waals surface area contributed by atoms with Crippen molar-refractivity contribution in [1.82, 2.24) is 14.9 Å². The SMILES string of the molecule is CC(C)N(C(=O)[C@H](C)Sc1nc(-c2ccco2)nc2ccccc12)C(C)C. The van der Waals surface area contributed by atoms with E-state index in [-0.39, 0.29) is 23.2 Å². The number of amides is 1. The second kappa shape index (κ2) is 8.13. The summed E-state index contributed by atoms with van der Waals surface area (Å²) in [6.45, 7) is 10.1. The summed E-state index contributed by atoms with van der Waals surface area (Å²) in [5.74, 6) is 1.27. The van der Waals surface area contributed by atoms with E-state index in [1.807, 2.05) is 75.9 Å². The van der Waals surface area contributed by atoms with Crippen molar-refractivity contribution in [2.45, 2.75) is 57.0 Å². The molecule has 0 aliphatic rings. The molecule has 0 saturated carbocycles. The Morgan fingerprint density at radius 1 is 1.00 bits per heavy atom. The number of aromatic nitrogens is 2. The first-order valence-electron chi connectivity index (χ1n) is 9.18. The summed E-state index contributed by atoms with van der Waals surface area (Å²) in [7, 11) is 0. The van der Waals surface area contributed by atoms with E-state index in [1.165, 1.54) is 11.8 Å². The normalized spacial score (nSPS) is 12.7. The van der Waals surface area contributed by atoms with Crippen molar-refractivity contribution in [3.8, 4) is 11.6 Å². The van der Waals surface area contributed by atoms with Gasteiger partial charge < -0.3 is 9.32 Å². The molecular weight excluding hydrogens is 358 g/mol. The van der Waals surface area contributed by atoms with Crippen molar-refractivity contribution < 1.29 is 9.21 Å². The lowest BCUT2D eigenvalue weighted by Gasteiger charge is -2.32. The monoisotopic (exact) mass is 383 g/mol. The van der Waals surface area contributed by atoms with E-state index in [2.05, 4.69) is 4.98 Å². The second-order valence-corrected chi connectivity index (χ2v) is 8.37. The number of carbonyl (C=O) groups excluding carboxylic acids is 1. The Bertz CT molecular complexity index is 914. The van der Waals surface area contributed by atoms with Crippen molar-refractivity contribution in [3.63, 3.8) is 0 Å². The molecule has 3 rings (SSSR count). The zero-order valence-corrected chi connectivity index (χ0v) is 17.2. The van der Waals surface area contributed by atoms with Crippen molar-refractivity contribution in [1.29, 1.82) is 0 Å². The lowest BCUT2D eigenvalue weighted by atomic mass is 10.2. The standard InChI is InChI=1S/C21H25N3O2S/c1-13(2)24(14(3)4)21(25)15(5)27-20-16-9-6-7-10-17(16)22-19(23-20)18-11-8-12-26-18/h6-15H,1-5H3/t15-/m0/s1. The topological polar surface area (TPSA) is 59.2 Å². The molecule has 0 aliphatic heterocycles. The van der Waals surface area contributed by atoms with Crippen LogP contribution >= 0.6 is 11.8 Å². The lowest BCUT2D eigenvalue weighted by molar-refractivity contribution is -0.133. The van der Waals surface area contributed by atoms with E-state index >= 15 is 0 Å². The van der Waals surface area contributed by atoms with Gasteiger partial charge in [-0.2, -0.15) is 0 Å². The molecule has 0 spiro atoms. The Kier molecular flexibility index (Phi) is 5.85. The molecule has 0 bridgehead atoms. The minimum Gasteiger partial charge on any atom is -0.461 e. The number of hydrogen-bond acceptors (Lipinski definition) is 5. The number of nitrogens with zero attached hydrogens (tertiary/aromatic N) is 3. The van der Waals surface area contributed by atoms with Gasteiger partial charge in [-0.3, -0.25) is 4.79 Å². The van der Waals surface area contributed by atoms with E-state index in [4.69, 9.17) is 9.40 Å². The van der Waals surface area contributed by atoms with Gasteiger partial charge in [-0.05, 0) is 52.8 Å². The third kappa shape index (κ3) is 4.16. The van der Waals surface area contributed by atoms with Gasteiger partial charge in [0.15, 0.2) is 11.6 Å². The van der Waals surface area contributed by atoms with Gasteiger partial charge in [0.25, 0.3) is 0 Å². The Morgan fingerprint density at radius 2 is 1.70 bits per heavy atom. The highest BCUT2D eigenvalue weighted by molar-refractivity contribution is 8.00. The number of rotatable bonds is 6. The molecule has 2 aromatic heterocycles. The van der Waals surface area contributed by atoms with Gasteiger partial charge in [0.2, 0.25) is 5.91 Å². The summed E-state index contributed by atoms with van der Waals surface area (Å²) in [5.41, 5.74) is 0.839. The van der Waals surface area contributed by atoms with Crippen LogP contribution in [0.2, 0.25) is 0 Å². The van der Waals surface area contributed by atoms with Crippen LogP contribution in [0.4, 0.5) is 0 Å². The second-order valence-electron chi connectivity index (χ2n) is 7.04. The molecule has 3 aromatic rings. The maximum absolute atomic E-state index is 13.0. The van der Waals surface area contributed by atoms with Crippen LogP contribution in [-0.4, -0.2) is 38.1 Å². The maximum atomic E-state index is 13.0. The molecule has 1 atom stereocenters. The van der Waals surface area contributed by atoms with Crippen LogP contribution in [0.25, 0.3) is 22.5 Å². The average molecular weight is 384 g/mol. The highest BCUT2D eigenvalue weighted by Gasteiger charge is 2.27. The molecule has 5 nitrogen and oxygen atoms in total. The smallest absolute Gasteiger partial charge is 0.236 e. The molecule has 6 heteroatoms. The highest BCUT2D eigenvalue weighted by atomic mass is 32.2. The van der Waals surface area contributed by atoms with Crippen LogP contribution in [0.1, 0.15) is 34.6 Å². The Hall–Kier alpha value is -2.34. The quantitative estimate of drug-likeness (QED) is 0.442. The molecule has 1 amide bonds. The maximum Gasteiger partial charge on any atom is 0.236 e. The van der Waals surface area contributed by atoms with Crippen LogP contribution in [0.15, 0.2) is 52.1 Å². The summed E-state index contributed by atoms with van der Waals surface area (Å²) in [4.78, 5) is 24.3. The summed E-state index contributed by atoms with van der Waals surface area (Å²) in [5, 5.41) is 1.48. The van der Waals surface area contributed by atoms with Crippen molar-refractivity contribution in [2.75, 3.05) is 0 Å². The first kappa shape index (κ1) is 19.4. The van der Waals surface area contributed by atoms with Crippen molar-refractivity contribution in [3.05, 3.63) is 42.7 Å². The molecule has 0 N–H and O–H groups in total. The van der Waals surface area contributed by atoms with Crippen molar-refractivity contribution in [2.24, 2.45) is 0 Å². The number of benzene rings is 1. The Balaban J connectivity index is 1.97. The fourth-order valence-electron chi connectivity index (χ4n) is 3.19. The zero-order chi connectivity index (χ0) is 19.6. The van der Waals surface area contributed by atoms with Crippen LogP contribution in [-0.2, 0) is 4.79 Å². The van der Waals surface area contributed by atoms with E-state index < -0.39 is 0 Å². The first-order valence-corrected chi connectivity index (χ1v) is 10.1.